The Bertz CT molecular complexity index is 472. The summed E-state index contributed by atoms with van der Waals surface area (Å²) in [6.07, 6.45) is 20.0. The van der Waals surface area contributed by atoms with E-state index in [1.807, 2.05) is 82.4 Å². The third-order valence-electron chi connectivity index (χ3n) is 3.09. The minimum Gasteiger partial charge on any atom is -0.558 e. The molecule has 0 aliphatic heterocycles. The summed E-state index contributed by atoms with van der Waals surface area (Å²) in [6.45, 7) is 8.89. The number of ether oxygens (including phenoxy) is 1. The van der Waals surface area contributed by atoms with E-state index in [0.717, 1.165) is 16.9 Å². The Kier molecular flexibility index (Phi) is 14.8. The average molecular weight is 440 g/mol. The molecular weight excluding hydrogens is 412 g/mol. The summed E-state index contributed by atoms with van der Waals surface area (Å²) in [5.74, 6) is 0.876. The number of allylic oxidation sites excluding steroid dienone is 1. The predicted octanol–water partition coefficient (Wildman–Crippen LogP) is 5.62. The molecule has 0 spiro atoms. The third kappa shape index (κ3) is 12.3. The fourth-order valence-electron chi connectivity index (χ4n) is 2.15. The van der Waals surface area contributed by atoms with E-state index in [4.69, 9.17) is 4.74 Å². The SMILES string of the molecule is COc1ccc[c-]c1C(C)=[C-][Si](C)(C)C.[CH]1[CH][CH][CH][CH]1.[CH]1[CH][CH][CH][CH]1.[Zr+2]. The number of benzene rings is 1. The zero-order valence-corrected chi connectivity index (χ0v) is 19.9. The second-order valence-corrected chi connectivity index (χ2v) is 11.3. The van der Waals surface area contributed by atoms with Crippen molar-refractivity contribution in [1.82, 2.24) is 0 Å². The Labute approximate surface area is 183 Å². The molecular formula is C23H28OSiZr. The van der Waals surface area contributed by atoms with E-state index in [2.05, 4.69) is 38.3 Å². The van der Waals surface area contributed by atoms with E-state index in [1.54, 1.807) is 7.11 Å². The van der Waals surface area contributed by atoms with Gasteiger partial charge in [0.1, 0.15) is 0 Å². The van der Waals surface area contributed by atoms with E-state index in [9.17, 15) is 0 Å². The molecule has 1 aromatic carbocycles. The van der Waals surface area contributed by atoms with Crippen LogP contribution in [0, 0.1) is 76.0 Å². The molecule has 2 aliphatic carbocycles. The summed E-state index contributed by atoms with van der Waals surface area (Å²) >= 11 is 0. The molecule has 0 N–H and O–H groups in total. The quantitative estimate of drug-likeness (QED) is 0.439. The van der Waals surface area contributed by atoms with Crippen molar-refractivity contribution in [1.29, 1.82) is 0 Å². The minimum atomic E-state index is -1.30. The van der Waals surface area contributed by atoms with Crippen molar-refractivity contribution in [3.63, 3.8) is 0 Å². The second-order valence-electron chi connectivity index (χ2n) is 6.54. The molecule has 0 saturated heterocycles. The number of hydrogen-bond acceptors (Lipinski definition) is 1. The maximum atomic E-state index is 5.30. The molecule has 134 valence electrons. The van der Waals surface area contributed by atoms with Crippen molar-refractivity contribution < 1.29 is 30.9 Å². The second kappa shape index (κ2) is 14.9. The van der Waals surface area contributed by atoms with Gasteiger partial charge in [-0.05, 0) is 78.0 Å². The fourth-order valence-corrected chi connectivity index (χ4v) is 3.40. The van der Waals surface area contributed by atoms with Crippen molar-refractivity contribution in [3.8, 4) is 5.75 Å². The molecule has 0 aromatic heterocycles. The maximum Gasteiger partial charge on any atom is 2.00 e. The van der Waals surface area contributed by atoms with Crippen molar-refractivity contribution in [3.05, 3.63) is 99.7 Å². The molecule has 26 heavy (non-hydrogen) atoms. The van der Waals surface area contributed by atoms with Crippen LogP contribution < -0.4 is 4.74 Å². The van der Waals surface area contributed by atoms with Crippen LogP contribution in [-0.2, 0) is 26.2 Å². The zero-order valence-electron chi connectivity index (χ0n) is 16.4. The molecule has 0 atom stereocenters. The first kappa shape index (κ1) is 25.9. The van der Waals surface area contributed by atoms with Crippen LogP contribution in [0.4, 0.5) is 0 Å². The zero-order chi connectivity index (χ0) is 18.5. The van der Waals surface area contributed by atoms with Crippen LogP contribution in [0.3, 0.4) is 0 Å². The topological polar surface area (TPSA) is 9.23 Å². The maximum absolute atomic E-state index is 5.30. The Balaban J connectivity index is 0.000000460. The van der Waals surface area contributed by atoms with Crippen LogP contribution >= 0.6 is 0 Å². The number of methoxy groups -OCH3 is 1. The third-order valence-corrected chi connectivity index (χ3v) is 4.21. The summed E-state index contributed by atoms with van der Waals surface area (Å²) in [5, 5.41) is 0. The Hall–Kier alpha value is -0.140. The first-order chi connectivity index (χ1) is 11.9. The van der Waals surface area contributed by atoms with Gasteiger partial charge in [0.2, 0.25) is 0 Å². The van der Waals surface area contributed by atoms with E-state index < -0.39 is 8.07 Å². The fraction of sp³-hybridized carbons (Fsp3) is 0.217. The van der Waals surface area contributed by atoms with Gasteiger partial charge in [0, 0.05) is 0 Å². The molecule has 3 rings (SSSR count). The summed E-state index contributed by atoms with van der Waals surface area (Å²) in [7, 11) is 0.388. The van der Waals surface area contributed by atoms with Gasteiger partial charge in [0.15, 0.2) is 0 Å². The summed E-state index contributed by atoms with van der Waals surface area (Å²) in [6, 6.07) is 9.01. The molecule has 0 amide bonds. The van der Waals surface area contributed by atoms with Gasteiger partial charge in [0.25, 0.3) is 0 Å². The molecule has 3 heteroatoms. The van der Waals surface area contributed by atoms with Gasteiger partial charge in [0.05, 0.1) is 7.11 Å². The van der Waals surface area contributed by atoms with Crippen LogP contribution in [0.1, 0.15) is 12.5 Å². The first-order valence-electron chi connectivity index (χ1n) is 8.44. The van der Waals surface area contributed by atoms with Gasteiger partial charge in [-0.15, -0.1) is 19.1 Å². The molecule has 1 aromatic rings. The minimum absolute atomic E-state index is 0. The van der Waals surface area contributed by atoms with Crippen molar-refractivity contribution >= 4 is 13.6 Å². The van der Waals surface area contributed by atoms with Gasteiger partial charge in [-0.3, -0.25) is 5.56 Å². The van der Waals surface area contributed by atoms with Gasteiger partial charge in [-0.2, -0.15) is 6.07 Å². The van der Waals surface area contributed by atoms with Gasteiger partial charge < -0.3 is 16.0 Å². The Morgan fingerprint density at radius 2 is 1.31 bits per heavy atom. The van der Waals surface area contributed by atoms with E-state index in [-0.39, 0.29) is 26.2 Å². The van der Waals surface area contributed by atoms with Crippen LogP contribution in [0.2, 0.25) is 19.6 Å². The van der Waals surface area contributed by atoms with E-state index in [0.29, 0.717) is 0 Å². The molecule has 2 aliphatic rings. The Morgan fingerprint density at radius 3 is 1.65 bits per heavy atom. The molecule has 0 heterocycles. The standard InChI is InChI=1S/C13H18OSi.2C5H5.Zr/c1-11(10-15(3,4)5)12-8-6-7-9-13(12)14-2;2*1-2-4-5-3-1;/h6-7,9H,1-5H3;2*1-5H;/q-2;;;+2. The summed E-state index contributed by atoms with van der Waals surface area (Å²) < 4.78 is 5.30. The van der Waals surface area contributed by atoms with E-state index >= 15 is 0 Å². The van der Waals surface area contributed by atoms with Crippen molar-refractivity contribution in [2.24, 2.45) is 0 Å². The largest absolute Gasteiger partial charge is 2.00 e. The summed E-state index contributed by atoms with van der Waals surface area (Å²) in [4.78, 5) is 0. The Morgan fingerprint density at radius 1 is 0.885 bits per heavy atom. The average Bonchev–Trinajstić information content (AvgIpc) is 3.30. The predicted molar refractivity (Wildman–Crippen MR) is 111 cm³/mol. The molecule has 1 nitrogen and oxygen atoms in total. The molecule has 2 fully saturated rings. The molecule has 2 saturated carbocycles. The monoisotopic (exact) mass is 438 g/mol. The molecule has 0 bridgehead atoms. The molecule has 10 radical (unpaired) electrons. The van der Waals surface area contributed by atoms with Gasteiger partial charge in [-0.25, -0.2) is 6.07 Å². The van der Waals surface area contributed by atoms with Gasteiger partial charge in [-0.1, -0.05) is 19.6 Å². The van der Waals surface area contributed by atoms with Crippen LogP contribution in [0.5, 0.6) is 5.75 Å². The first-order valence-corrected chi connectivity index (χ1v) is 11.9. The van der Waals surface area contributed by atoms with Crippen LogP contribution in [-0.4, -0.2) is 15.2 Å². The number of hydrogen-bond donors (Lipinski definition) is 0. The number of rotatable bonds is 3. The smallest absolute Gasteiger partial charge is 0.558 e. The van der Waals surface area contributed by atoms with Crippen molar-refractivity contribution in [2.75, 3.05) is 7.11 Å². The summed E-state index contributed by atoms with van der Waals surface area (Å²) in [5.41, 5.74) is 5.73. The normalized spacial score (nSPS) is 16.6. The van der Waals surface area contributed by atoms with Crippen LogP contribution in [0.25, 0.3) is 5.57 Å². The van der Waals surface area contributed by atoms with Crippen LogP contribution in [0.15, 0.2) is 18.2 Å². The van der Waals surface area contributed by atoms with Crippen molar-refractivity contribution in [2.45, 2.75) is 26.6 Å². The van der Waals surface area contributed by atoms with Gasteiger partial charge >= 0.3 is 26.2 Å². The molecule has 0 unspecified atom stereocenters. The van der Waals surface area contributed by atoms with E-state index in [1.165, 1.54) is 0 Å².